The predicted molar refractivity (Wildman–Crippen MR) is 86.8 cm³/mol. The smallest absolute Gasteiger partial charge is 0.161 e. The number of ketones is 1. The molecule has 0 saturated carbocycles. The molecule has 0 aliphatic heterocycles. The first-order valence-electron chi connectivity index (χ1n) is 7.27. The SMILES string of the molecule is COc1cc(C=CC(=O)C(C)(C)C)ccc1OCC(C)C. The van der Waals surface area contributed by atoms with E-state index in [0.717, 1.165) is 11.3 Å². The summed E-state index contributed by atoms with van der Waals surface area (Å²) in [7, 11) is 1.62. The molecule has 3 nitrogen and oxygen atoms in total. The minimum absolute atomic E-state index is 0.0987. The number of carbonyl (C=O) groups is 1. The number of hydrogen-bond donors (Lipinski definition) is 0. The van der Waals surface area contributed by atoms with Gasteiger partial charge in [-0.1, -0.05) is 46.8 Å². The summed E-state index contributed by atoms with van der Waals surface area (Å²) < 4.78 is 11.1. The maximum atomic E-state index is 11.9. The van der Waals surface area contributed by atoms with Crippen LogP contribution in [0.25, 0.3) is 6.08 Å². The van der Waals surface area contributed by atoms with Crippen molar-refractivity contribution in [3.63, 3.8) is 0 Å². The second kappa shape index (κ2) is 7.30. The Kier molecular flexibility index (Phi) is 6.01. The summed E-state index contributed by atoms with van der Waals surface area (Å²) in [5.74, 6) is 1.96. The van der Waals surface area contributed by atoms with E-state index in [1.54, 1.807) is 13.2 Å². The maximum Gasteiger partial charge on any atom is 0.161 e. The Balaban J connectivity index is 2.87. The summed E-state index contributed by atoms with van der Waals surface area (Å²) in [6.07, 6.45) is 3.42. The van der Waals surface area contributed by atoms with Crippen molar-refractivity contribution in [1.82, 2.24) is 0 Å². The monoisotopic (exact) mass is 290 g/mol. The largest absolute Gasteiger partial charge is 0.493 e. The standard InChI is InChI=1S/C18H26O3/c1-13(2)12-21-15-9-7-14(11-16(15)20-6)8-10-17(19)18(3,4)5/h7-11,13H,12H2,1-6H3. The maximum absolute atomic E-state index is 11.9. The fourth-order valence-electron chi connectivity index (χ4n) is 1.59. The van der Waals surface area contributed by atoms with Crippen LogP contribution < -0.4 is 9.47 Å². The van der Waals surface area contributed by atoms with Gasteiger partial charge in [0.2, 0.25) is 0 Å². The van der Waals surface area contributed by atoms with Gasteiger partial charge in [-0.3, -0.25) is 4.79 Å². The molecule has 0 heterocycles. The van der Waals surface area contributed by atoms with Gasteiger partial charge in [0, 0.05) is 5.41 Å². The number of rotatable bonds is 6. The van der Waals surface area contributed by atoms with Gasteiger partial charge in [0.05, 0.1) is 13.7 Å². The highest BCUT2D eigenvalue weighted by Crippen LogP contribution is 2.29. The molecule has 0 N–H and O–H groups in total. The average Bonchev–Trinajstić information content (AvgIpc) is 2.41. The summed E-state index contributed by atoms with van der Waals surface area (Å²) in [6, 6.07) is 5.68. The van der Waals surface area contributed by atoms with Gasteiger partial charge in [0.1, 0.15) is 0 Å². The minimum Gasteiger partial charge on any atom is -0.493 e. The quantitative estimate of drug-likeness (QED) is 0.730. The zero-order chi connectivity index (χ0) is 16.0. The van der Waals surface area contributed by atoms with E-state index in [0.29, 0.717) is 18.3 Å². The first kappa shape index (κ1) is 17.3. The molecule has 1 aromatic rings. The molecule has 0 bridgehead atoms. The Morgan fingerprint density at radius 1 is 1.24 bits per heavy atom. The van der Waals surface area contributed by atoms with E-state index >= 15 is 0 Å². The van der Waals surface area contributed by atoms with Gasteiger partial charge in [-0.2, -0.15) is 0 Å². The van der Waals surface area contributed by atoms with E-state index in [-0.39, 0.29) is 11.2 Å². The van der Waals surface area contributed by atoms with Crippen LogP contribution >= 0.6 is 0 Å². The molecular weight excluding hydrogens is 264 g/mol. The first-order valence-corrected chi connectivity index (χ1v) is 7.27. The zero-order valence-corrected chi connectivity index (χ0v) is 13.9. The van der Waals surface area contributed by atoms with Gasteiger partial charge < -0.3 is 9.47 Å². The van der Waals surface area contributed by atoms with E-state index in [4.69, 9.17) is 9.47 Å². The molecular formula is C18H26O3. The third-order valence-corrected chi connectivity index (χ3v) is 2.93. The normalized spacial score (nSPS) is 12.0. The second-order valence-electron chi connectivity index (χ2n) is 6.56. The van der Waals surface area contributed by atoms with E-state index in [1.807, 2.05) is 45.0 Å². The van der Waals surface area contributed by atoms with Crippen molar-refractivity contribution in [2.75, 3.05) is 13.7 Å². The lowest BCUT2D eigenvalue weighted by molar-refractivity contribution is -0.121. The number of allylic oxidation sites excluding steroid dienone is 1. The Labute approximate surface area is 128 Å². The Bertz CT molecular complexity index is 508. The lowest BCUT2D eigenvalue weighted by Crippen LogP contribution is -2.17. The van der Waals surface area contributed by atoms with Crippen LogP contribution in [0.15, 0.2) is 24.3 Å². The molecule has 1 aromatic carbocycles. The van der Waals surface area contributed by atoms with Gasteiger partial charge in [-0.15, -0.1) is 0 Å². The summed E-state index contributed by atoms with van der Waals surface area (Å²) in [6.45, 7) is 10.6. The zero-order valence-electron chi connectivity index (χ0n) is 13.9. The van der Waals surface area contributed by atoms with Gasteiger partial charge in [0.15, 0.2) is 17.3 Å². The molecule has 0 fully saturated rings. The third-order valence-electron chi connectivity index (χ3n) is 2.93. The Morgan fingerprint density at radius 2 is 1.90 bits per heavy atom. The number of hydrogen-bond acceptors (Lipinski definition) is 3. The van der Waals surface area contributed by atoms with Crippen LogP contribution in [-0.2, 0) is 4.79 Å². The topological polar surface area (TPSA) is 35.5 Å². The van der Waals surface area contributed by atoms with Crippen LogP contribution in [0, 0.1) is 11.3 Å². The van der Waals surface area contributed by atoms with Crippen molar-refractivity contribution in [1.29, 1.82) is 0 Å². The van der Waals surface area contributed by atoms with Crippen molar-refractivity contribution in [2.24, 2.45) is 11.3 Å². The fourth-order valence-corrected chi connectivity index (χ4v) is 1.59. The molecule has 21 heavy (non-hydrogen) atoms. The number of methoxy groups -OCH3 is 1. The van der Waals surface area contributed by atoms with Gasteiger partial charge >= 0.3 is 0 Å². The van der Waals surface area contributed by atoms with E-state index in [1.165, 1.54) is 0 Å². The van der Waals surface area contributed by atoms with Crippen LogP contribution in [-0.4, -0.2) is 19.5 Å². The molecule has 0 aliphatic carbocycles. The van der Waals surface area contributed by atoms with Gasteiger partial charge in [-0.05, 0) is 29.7 Å². The predicted octanol–water partition coefficient (Wildman–Crippen LogP) is 4.36. The van der Waals surface area contributed by atoms with E-state index in [2.05, 4.69) is 13.8 Å². The van der Waals surface area contributed by atoms with Crippen LogP contribution in [0.1, 0.15) is 40.2 Å². The highest BCUT2D eigenvalue weighted by molar-refractivity contribution is 5.97. The molecule has 0 aliphatic rings. The molecule has 0 unspecified atom stereocenters. The van der Waals surface area contributed by atoms with Crippen LogP contribution in [0.3, 0.4) is 0 Å². The summed E-state index contributed by atoms with van der Waals surface area (Å²) in [5.41, 5.74) is 0.558. The summed E-state index contributed by atoms with van der Waals surface area (Å²) in [5, 5.41) is 0. The summed E-state index contributed by atoms with van der Waals surface area (Å²) >= 11 is 0. The van der Waals surface area contributed by atoms with Crippen LogP contribution in [0.5, 0.6) is 11.5 Å². The lowest BCUT2D eigenvalue weighted by Gasteiger charge is -2.14. The van der Waals surface area contributed by atoms with Crippen molar-refractivity contribution in [3.8, 4) is 11.5 Å². The summed E-state index contributed by atoms with van der Waals surface area (Å²) in [4.78, 5) is 11.9. The Morgan fingerprint density at radius 3 is 2.43 bits per heavy atom. The number of ether oxygens (including phenoxy) is 2. The first-order chi connectivity index (χ1) is 9.74. The molecule has 1 rings (SSSR count). The van der Waals surface area contributed by atoms with Crippen molar-refractivity contribution >= 4 is 11.9 Å². The third kappa shape index (κ3) is 5.62. The van der Waals surface area contributed by atoms with Crippen molar-refractivity contribution < 1.29 is 14.3 Å². The molecule has 3 heteroatoms. The molecule has 0 aromatic heterocycles. The number of carbonyl (C=O) groups excluding carboxylic acids is 1. The molecule has 0 amide bonds. The molecule has 0 saturated heterocycles. The van der Waals surface area contributed by atoms with Crippen molar-refractivity contribution in [2.45, 2.75) is 34.6 Å². The van der Waals surface area contributed by atoms with E-state index < -0.39 is 0 Å². The second-order valence-corrected chi connectivity index (χ2v) is 6.56. The average molecular weight is 290 g/mol. The fraction of sp³-hybridized carbons (Fsp3) is 0.500. The molecule has 0 atom stereocenters. The van der Waals surface area contributed by atoms with E-state index in [9.17, 15) is 4.79 Å². The van der Waals surface area contributed by atoms with Gasteiger partial charge in [-0.25, -0.2) is 0 Å². The van der Waals surface area contributed by atoms with Crippen LogP contribution in [0.2, 0.25) is 0 Å². The molecule has 0 spiro atoms. The highest BCUT2D eigenvalue weighted by atomic mass is 16.5. The highest BCUT2D eigenvalue weighted by Gasteiger charge is 2.17. The number of benzene rings is 1. The van der Waals surface area contributed by atoms with Crippen molar-refractivity contribution in [3.05, 3.63) is 29.8 Å². The minimum atomic E-state index is -0.360. The molecule has 0 radical (unpaired) electrons. The Hall–Kier alpha value is -1.77. The van der Waals surface area contributed by atoms with Crippen LogP contribution in [0.4, 0.5) is 0 Å². The molecule has 116 valence electrons. The van der Waals surface area contributed by atoms with Gasteiger partial charge in [0.25, 0.3) is 0 Å². The lowest BCUT2D eigenvalue weighted by atomic mass is 9.90.